The SMILES string of the molecule is CC1=C(C(=O)Nc2ccc3c(c2)C(c2ccnc(N4CCN(CC5CN(CC6CCN(c7ccc8c(c7)C(=O)N(C7CCC(=O)NC7=O)C8=O)CC6)C5)CC4)c2)=NC3)[C@@H](C)n2nnnc2N1C. The van der Waals surface area contributed by atoms with E-state index in [2.05, 4.69) is 51.8 Å². The maximum Gasteiger partial charge on any atom is 0.262 e. The van der Waals surface area contributed by atoms with Gasteiger partial charge in [0.1, 0.15) is 11.9 Å². The van der Waals surface area contributed by atoms with Gasteiger partial charge in [-0.25, -0.2) is 9.67 Å². The van der Waals surface area contributed by atoms with E-state index in [1.165, 1.54) is 0 Å². The summed E-state index contributed by atoms with van der Waals surface area (Å²) in [6, 6.07) is 14.3. The largest absolute Gasteiger partial charge is 0.371 e. The number of imide groups is 2. The highest BCUT2D eigenvalue weighted by molar-refractivity contribution is 6.24. The summed E-state index contributed by atoms with van der Waals surface area (Å²) in [7, 11) is 1.86. The van der Waals surface area contributed by atoms with Gasteiger partial charge >= 0.3 is 0 Å². The van der Waals surface area contributed by atoms with Crippen molar-refractivity contribution in [2.45, 2.75) is 58.2 Å². The first-order valence-electron chi connectivity index (χ1n) is 23.5. The van der Waals surface area contributed by atoms with E-state index in [0.29, 0.717) is 46.7 Å². The smallest absolute Gasteiger partial charge is 0.262 e. The number of piperazine rings is 1. The molecule has 5 amide bonds. The molecule has 7 aliphatic heterocycles. The minimum Gasteiger partial charge on any atom is -0.371 e. The molecule has 19 nitrogen and oxygen atoms in total. The summed E-state index contributed by atoms with van der Waals surface area (Å²) < 4.78 is 1.66. The van der Waals surface area contributed by atoms with Gasteiger partial charge in [0.2, 0.25) is 17.8 Å². The number of allylic oxidation sites excluding steroid dienone is 1. The molecule has 9 heterocycles. The average Bonchev–Trinajstić information content (AvgIpc) is 4.05. The zero-order valence-electron chi connectivity index (χ0n) is 38.0. The minimum atomic E-state index is -0.963. The van der Waals surface area contributed by atoms with Crippen molar-refractivity contribution in [1.82, 2.24) is 45.2 Å². The quantitative estimate of drug-likeness (QED) is 0.221. The van der Waals surface area contributed by atoms with Crippen molar-refractivity contribution in [1.29, 1.82) is 0 Å². The number of aromatic nitrogens is 5. The summed E-state index contributed by atoms with van der Waals surface area (Å²) in [5, 5.41) is 17.4. The van der Waals surface area contributed by atoms with Crippen LogP contribution in [0.5, 0.6) is 0 Å². The zero-order chi connectivity index (χ0) is 46.1. The van der Waals surface area contributed by atoms with Gasteiger partial charge in [-0.3, -0.25) is 44.1 Å². The van der Waals surface area contributed by atoms with Crippen LogP contribution in [0.3, 0.4) is 0 Å². The number of nitrogens with zero attached hydrogens (tertiary/aromatic N) is 12. The molecule has 4 aromatic rings. The number of aliphatic imine (C=N–C) groups is 1. The standard InChI is InChI=1S/C48H54N14O5/c1-28-42(29(2)62-48(56(28)3)53-54-55-62)45(65)51-34-5-4-33-23-50-43(37(33)21-34)32-10-13-49-40(20-32)60-18-16-57(17-19-60)25-31-26-58(27-31)24-30-11-14-59(15-12-30)35-6-7-36-38(22-35)47(67)61(46(36)66)39-8-9-41(63)52-44(39)64/h4-7,10,13,20-22,29-31,39H,8-9,11-12,14-19,23-27H2,1-3H3,(H,51,65)(H,52,63,64)/t29-,39?/m1/s1. The van der Waals surface area contributed by atoms with Crippen molar-refractivity contribution < 1.29 is 24.0 Å². The monoisotopic (exact) mass is 906 g/mol. The van der Waals surface area contributed by atoms with Gasteiger partial charge < -0.3 is 24.9 Å². The highest BCUT2D eigenvalue weighted by Crippen LogP contribution is 2.35. The number of hydrogen-bond donors (Lipinski definition) is 2. The Labute approximate surface area is 387 Å². The van der Waals surface area contributed by atoms with Gasteiger partial charge in [-0.05, 0) is 103 Å². The number of pyridine rings is 1. The highest BCUT2D eigenvalue weighted by Gasteiger charge is 2.45. The van der Waals surface area contributed by atoms with E-state index < -0.39 is 23.8 Å². The number of rotatable bonds is 10. The molecule has 2 aromatic heterocycles. The molecule has 2 N–H and O–H groups in total. The molecule has 19 heteroatoms. The van der Waals surface area contributed by atoms with Crippen LogP contribution >= 0.6 is 0 Å². The number of nitrogens with one attached hydrogen (secondary N) is 2. The maximum atomic E-state index is 13.7. The first-order valence-corrected chi connectivity index (χ1v) is 23.5. The van der Waals surface area contributed by atoms with Crippen molar-refractivity contribution in [3.8, 4) is 0 Å². The summed E-state index contributed by atoms with van der Waals surface area (Å²) >= 11 is 0. The number of piperidine rings is 2. The van der Waals surface area contributed by atoms with Gasteiger partial charge in [0.15, 0.2) is 0 Å². The van der Waals surface area contributed by atoms with E-state index in [-0.39, 0.29) is 30.7 Å². The normalized spacial score (nSPS) is 22.8. The Balaban J connectivity index is 0.631. The van der Waals surface area contributed by atoms with Crippen molar-refractivity contribution in [3.05, 3.63) is 93.8 Å². The van der Waals surface area contributed by atoms with Gasteiger partial charge in [0.05, 0.1) is 35.0 Å². The molecule has 67 heavy (non-hydrogen) atoms. The van der Waals surface area contributed by atoms with Crippen LogP contribution in [0.25, 0.3) is 0 Å². The van der Waals surface area contributed by atoms with E-state index >= 15 is 0 Å². The third-order valence-electron chi connectivity index (χ3n) is 14.9. The Morgan fingerprint density at radius 2 is 1.60 bits per heavy atom. The second-order valence-electron chi connectivity index (χ2n) is 19.0. The molecule has 0 bridgehead atoms. The molecule has 0 aliphatic carbocycles. The molecular formula is C48H54N14O5. The lowest BCUT2D eigenvalue weighted by molar-refractivity contribution is -0.136. The molecule has 0 radical (unpaired) electrons. The summed E-state index contributed by atoms with van der Waals surface area (Å²) in [6.07, 6.45) is 4.24. The van der Waals surface area contributed by atoms with Gasteiger partial charge in [0.25, 0.3) is 17.7 Å². The van der Waals surface area contributed by atoms with E-state index in [1.54, 1.807) is 16.8 Å². The van der Waals surface area contributed by atoms with Crippen LogP contribution in [0.4, 0.5) is 23.1 Å². The maximum absolute atomic E-state index is 13.7. The van der Waals surface area contributed by atoms with Crippen molar-refractivity contribution >= 4 is 58.4 Å². The number of likely N-dealkylation sites (tertiary alicyclic amines) is 1. The Morgan fingerprint density at radius 1 is 0.821 bits per heavy atom. The molecule has 2 atom stereocenters. The highest BCUT2D eigenvalue weighted by atomic mass is 16.2. The third-order valence-corrected chi connectivity index (χ3v) is 14.9. The van der Waals surface area contributed by atoms with Crippen LogP contribution in [0.15, 0.2) is 71.0 Å². The lowest BCUT2D eigenvalue weighted by Gasteiger charge is -2.45. The van der Waals surface area contributed by atoms with Gasteiger partial charge in [-0.2, -0.15) is 0 Å². The Morgan fingerprint density at radius 3 is 2.39 bits per heavy atom. The molecule has 4 saturated heterocycles. The summed E-state index contributed by atoms with van der Waals surface area (Å²) in [6.45, 7) is 14.4. The van der Waals surface area contributed by atoms with E-state index in [4.69, 9.17) is 9.98 Å². The minimum absolute atomic E-state index is 0.0998. The van der Waals surface area contributed by atoms with Crippen molar-refractivity contribution in [3.63, 3.8) is 0 Å². The van der Waals surface area contributed by atoms with Crippen LogP contribution in [-0.4, -0.2) is 154 Å². The molecule has 2 aromatic carbocycles. The Hall–Kier alpha value is -6.86. The first kappa shape index (κ1) is 42.8. The lowest BCUT2D eigenvalue weighted by Crippen LogP contribution is -2.56. The van der Waals surface area contributed by atoms with E-state index in [0.717, 1.165) is 123 Å². The predicted octanol–water partition coefficient (Wildman–Crippen LogP) is 2.71. The fourth-order valence-electron chi connectivity index (χ4n) is 11.1. The molecule has 11 rings (SSSR count). The van der Waals surface area contributed by atoms with Crippen LogP contribution in [0, 0.1) is 11.8 Å². The summed E-state index contributed by atoms with van der Waals surface area (Å²) in [5.74, 6) is 0.718. The number of anilines is 4. The third kappa shape index (κ3) is 7.82. The molecule has 346 valence electrons. The Kier molecular flexibility index (Phi) is 10.9. The second-order valence-corrected chi connectivity index (χ2v) is 19.0. The topological polar surface area (TPSA) is 198 Å². The van der Waals surface area contributed by atoms with Gasteiger partial charge in [0, 0.05) is 113 Å². The van der Waals surface area contributed by atoms with Crippen LogP contribution in [0.1, 0.15) is 83.0 Å². The molecule has 0 saturated carbocycles. The number of amides is 5. The van der Waals surface area contributed by atoms with Crippen LogP contribution in [0.2, 0.25) is 0 Å². The number of benzene rings is 2. The molecule has 4 fully saturated rings. The zero-order valence-corrected chi connectivity index (χ0v) is 38.0. The first-order chi connectivity index (χ1) is 32.5. The number of fused-ring (bicyclic) bond motifs is 3. The Bertz CT molecular complexity index is 2760. The average molecular weight is 907 g/mol. The number of carbonyl (C=O) groups is 5. The van der Waals surface area contributed by atoms with Crippen LogP contribution in [-0.2, 0) is 20.9 Å². The number of tetrazole rings is 1. The molecule has 1 unspecified atom stereocenters. The van der Waals surface area contributed by atoms with Crippen LogP contribution < -0.4 is 25.3 Å². The van der Waals surface area contributed by atoms with Gasteiger partial charge in [-0.15, -0.1) is 0 Å². The predicted molar refractivity (Wildman–Crippen MR) is 249 cm³/mol. The molecular weight excluding hydrogens is 853 g/mol. The fourth-order valence-corrected chi connectivity index (χ4v) is 11.1. The summed E-state index contributed by atoms with van der Waals surface area (Å²) in [4.78, 5) is 86.8. The van der Waals surface area contributed by atoms with E-state index in [1.807, 2.05) is 62.3 Å². The molecule has 7 aliphatic rings. The number of carbonyl (C=O) groups excluding carboxylic acids is 5. The van der Waals surface area contributed by atoms with Crippen molar-refractivity contribution in [2.75, 3.05) is 92.5 Å². The van der Waals surface area contributed by atoms with Gasteiger partial charge in [-0.1, -0.05) is 11.2 Å². The molecule has 0 spiro atoms. The summed E-state index contributed by atoms with van der Waals surface area (Å²) in [5.41, 5.74) is 7.72. The lowest BCUT2D eigenvalue weighted by atomic mass is 9.91. The van der Waals surface area contributed by atoms with E-state index in [9.17, 15) is 24.0 Å². The fraction of sp³-hybridized carbons (Fsp3) is 0.458. The van der Waals surface area contributed by atoms with Crippen molar-refractivity contribution in [2.24, 2.45) is 16.8 Å². The second kappa shape index (κ2) is 17.1. The number of hydrogen-bond acceptors (Lipinski definition) is 15.